The summed E-state index contributed by atoms with van der Waals surface area (Å²) < 4.78 is 28.6. The standard InChI is InChI=1S/C35H45ClN6O7S2/c1-34(2,3)40-33(47)38-24-13-8-6-4-5-7-11-20-18-35(20,32(46)41-51(48,49)22-15-16-22)39-29(43)25-17-21(19-42(25)31(24)45)37-30(44)28-27(36)23-12-9-10-14-26(23)50-28/h7,9-12,14,20-22,24-25H,4-6,8,13,15-19H2,1-3H3,(H,37,44)(H,39,43)(H,41,46)(H2,38,40,47)/b11-7-/t20-,21-,24+,25+,35-/m1/s1. The van der Waals surface area contributed by atoms with Crippen LogP contribution in [0.2, 0.25) is 5.02 Å². The predicted molar refractivity (Wildman–Crippen MR) is 195 cm³/mol. The number of nitrogens with zero attached hydrogens (tertiary/aromatic N) is 1. The first-order chi connectivity index (χ1) is 24.1. The van der Waals surface area contributed by atoms with Gasteiger partial charge in [0.15, 0.2) is 0 Å². The number of allylic oxidation sites excluding steroid dienone is 1. The van der Waals surface area contributed by atoms with Crippen molar-refractivity contribution in [3.05, 3.63) is 46.3 Å². The summed E-state index contributed by atoms with van der Waals surface area (Å²) in [5.41, 5.74) is -2.08. The number of benzene rings is 1. The third-order valence-corrected chi connectivity index (χ3v) is 13.2. The number of sulfonamides is 1. The highest BCUT2D eigenvalue weighted by molar-refractivity contribution is 7.91. The van der Waals surface area contributed by atoms with Crippen molar-refractivity contribution in [2.24, 2.45) is 5.92 Å². The second-order valence-electron chi connectivity index (χ2n) is 15.1. The molecule has 13 nitrogen and oxygen atoms in total. The van der Waals surface area contributed by atoms with E-state index in [2.05, 4.69) is 26.0 Å². The van der Waals surface area contributed by atoms with Gasteiger partial charge in [0.25, 0.3) is 11.8 Å². The van der Waals surface area contributed by atoms with Crippen LogP contribution in [0.1, 0.15) is 88.2 Å². The number of fused-ring (bicyclic) bond motifs is 3. The topological polar surface area (TPSA) is 183 Å². The summed E-state index contributed by atoms with van der Waals surface area (Å²) in [6.07, 6.45) is 8.14. The van der Waals surface area contributed by atoms with Crippen molar-refractivity contribution in [1.82, 2.24) is 30.9 Å². The lowest BCUT2D eigenvalue weighted by Crippen LogP contribution is -2.59. The number of hydrogen-bond donors (Lipinski definition) is 5. The molecule has 2 aliphatic heterocycles. The summed E-state index contributed by atoms with van der Waals surface area (Å²) in [5.74, 6) is -2.84. The molecule has 16 heteroatoms. The molecule has 4 aliphatic rings. The lowest BCUT2D eigenvalue weighted by Gasteiger charge is -2.31. The zero-order chi connectivity index (χ0) is 36.7. The minimum atomic E-state index is -3.89. The fraction of sp³-hybridized carbons (Fsp3) is 0.571. The largest absolute Gasteiger partial charge is 0.347 e. The molecule has 2 aromatic rings. The van der Waals surface area contributed by atoms with Crippen molar-refractivity contribution in [3.8, 4) is 0 Å². The molecule has 3 fully saturated rings. The van der Waals surface area contributed by atoms with E-state index in [1.807, 2.05) is 57.2 Å². The Kier molecular flexibility index (Phi) is 10.5. The molecule has 2 aliphatic carbocycles. The van der Waals surface area contributed by atoms with Crippen LogP contribution in [0.5, 0.6) is 0 Å². The van der Waals surface area contributed by atoms with E-state index in [0.29, 0.717) is 42.0 Å². The van der Waals surface area contributed by atoms with Gasteiger partial charge in [0, 0.05) is 34.1 Å². The van der Waals surface area contributed by atoms with Crippen molar-refractivity contribution in [1.29, 1.82) is 0 Å². The number of halogens is 1. The lowest BCUT2D eigenvalue weighted by molar-refractivity contribution is -0.141. The van der Waals surface area contributed by atoms with Gasteiger partial charge in [0.05, 0.1) is 10.3 Å². The van der Waals surface area contributed by atoms with Crippen LogP contribution < -0.4 is 26.0 Å². The summed E-state index contributed by atoms with van der Waals surface area (Å²) in [6.45, 7) is 5.43. The van der Waals surface area contributed by atoms with E-state index < -0.39 is 80.1 Å². The average molecular weight is 761 g/mol. The number of carbonyl (C=O) groups excluding carboxylic acids is 5. The van der Waals surface area contributed by atoms with Gasteiger partial charge >= 0.3 is 6.03 Å². The molecule has 5 N–H and O–H groups in total. The van der Waals surface area contributed by atoms with E-state index in [0.717, 1.165) is 22.9 Å². The average Bonchev–Trinajstić information content (AvgIpc) is 3.96. The van der Waals surface area contributed by atoms with Crippen molar-refractivity contribution in [2.45, 2.75) is 113 Å². The van der Waals surface area contributed by atoms with Crippen LogP contribution in [-0.2, 0) is 24.4 Å². The molecule has 5 atom stereocenters. The summed E-state index contributed by atoms with van der Waals surface area (Å²) in [4.78, 5) is 70.5. The number of hydrogen-bond acceptors (Lipinski definition) is 8. The quantitative estimate of drug-likeness (QED) is 0.278. The Bertz CT molecular complexity index is 1870. The van der Waals surface area contributed by atoms with Gasteiger partial charge in [-0.05, 0) is 71.8 Å². The summed E-state index contributed by atoms with van der Waals surface area (Å²) in [5, 5.41) is 11.8. The van der Waals surface area contributed by atoms with Gasteiger partial charge in [-0.15, -0.1) is 11.3 Å². The number of rotatable bonds is 6. The number of urea groups is 1. The fourth-order valence-corrected chi connectivity index (χ4v) is 9.64. The molecule has 1 aromatic carbocycles. The Morgan fingerprint density at radius 3 is 2.49 bits per heavy atom. The number of carbonyl (C=O) groups is 5. The van der Waals surface area contributed by atoms with Crippen LogP contribution in [0.25, 0.3) is 10.1 Å². The lowest BCUT2D eigenvalue weighted by atomic mass is 10.0. The molecule has 0 spiro atoms. The fourth-order valence-electron chi connectivity index (χ4n) is 6.85. The first-order valence-corrected chi connectivity index (χ1v) is 20.2. The van der Waals surface area contributed by atoms with Gasteiger partial charge < -0.3 is 26.2 Å². The second kappa shape index (κ2) is 14.4. The van der Waals surface area contributed by atoms with E-state index in [-0.39, 0.29) is 19.4 Å². The molecule has 1 aromatic heterocycles. The molecule has 1 saturated heterocycles. The third kappa shape index (κ3) is 8.36. The van der Waals surface area contributed by atoms with E-state index in [9.17, 15) is 32.4 Å². The molecule has 6 amide bonds. The molecule has 6 rings (SSSR count). The maximum Gasteiger partial charge on any atom is 0.315 e. The normalized spacial score (nSPS) is 28.0. The number of nitrogens with one attached hydrogen (secondary N) is 5. The summed E-state index contributed by atoms with van der Waals surface area (Å²) in [7, 11) is -3.89. The molecule has 0 unspecified atom stereocenters. The molecular formula is C35H45ClN6O7S2. The van der Waals surface area contributed by atoms with E-state index in [1.54, 1.807) is 0 Å². The highest BCUT2D eigenvalue weighted by atomic mass is 35.5. The molecule has 0 bridgehead atoms. The Morgan fingerprint density at radius 2 is 1.78 bits per heavy atom. The van der Waals surface area contributed by atoms with Crippen LogP contribution in [0.15, 0.2) is 36.4 Å². The first kappa shape index (κ1) is 37.1. The van der Waals surface area contributed by atoms with Gasteiger partial charge in [-0.2, -0.15) is 0 Å². The molecule has 0 radical (unpaired) electrons. The van der Waals surface area contributed by atoms with Crippen molar-refractivity contribution < 1.29 is 32.4 Å². The van der Waals surface area contributed by atoms with Crippen LogP contribution in [0.3, 0.4) is 0 Å². The third-order valence-electron chi connectivity index (χ3n) is 9.75. The van der Waals surface area contributed by atoms with E-state index in [4.69, 9.17) is 11.6 Å². The van der Waals surface area contributed by atoms with Crippen molar-refractivity contribution >= 4 is 72.7 Å². The molecular weight excluding hydrogens is 716 g/mol. The maximum absolute atomic E-state index is 14.4. The van der Waals surface area contributed by atoms with Gasteiger partial charge in [0.2, 0.25) is 21.8 Å². The zero-order valence-electron chi connectivity index (χ0n) is 28.9. The van der Waals surface area contributed by atoms with Gasteiger partial charge in [-0.25, -0.2) is 13.2 Å². The maximum atomic E-state index is 14.4. The first-order valence-electron chi connectivity index (χ1n) is 17.5. The van der Waals surface area contributed by atoms with E-state index >= 15 is 0 Å². The Hall–Kier alpha value is -3.69. The minimum absolute atomic E-state index is 0.0192. The van der Waals surface area contributed by atoms with Crippen LogP contribution in [0, 0.1) is 5.92 Å². The van der Waals surface area contributed by atoms with Crippen molar-refractivity contribution in [2.75, 3.05) is 6.54 Å². The van der Waals surface area contributed by atoms with Gasteiger partial charge in [-0.1, -0.05) is 54.8 Å². The van der Waals surface area contributed by atoms with Crippen LogP contribution in [0.4, 0.5) is 4.79 Å². The smallest absolute Gasteiger partial charge is 0.315 e. The minimum Gasteiger partial charge on any atom is -0.347 e. The molecule has 3 heterocycles. The zero-order valence-corrected chi connectivity index (χ0v) is 31.3. The molecule has 276 valence electrons. The monoisotopic (exact) mass is 760 g/mol. The van der Waals surface area contributed by atoms with Crippen molar-refractivity contribution in [3.63, 3.8) is 0 Å². The number of thiophene rings is 1. The second-order valence-corrected chi connectivity index (χ2v) is 18.5. The SMILES string of the molecule is CC(C)(C)NC(=O)N[C@H]1CCCCC/C=C\[C@@H]2C[C@@]2(C(=O)NS(=O)(=O)C2CC2)NC(=O)[C@@H]2C[C@@H](NC(=O)c3sc4ccccc4c3Cl)CN2C1=O. The van der Waals surface area contributed by atoms with Gasteiger partial charge in [0.1, 0.15) is 22.5 Å². The van der Waals surface area contributed by atoms with Crippen LogP contribution >= 0.6 is 22.9 Å². The van der Waals surface area contributed by atoms with Gasteiger partial charge in [-0.3, -0.25) is 23.9 Å². The van der Waals surface area contributed by atoms with Crippen LogP contribution in [-0.4, -0.2) is 84.0 Å². The highest BCUT2D eigenvalue weighted by Crippen LogP contribution is 2.46. The Morgan fingerprint density at radius 1 is 1.04 bits per heavy atom. The predicted octanol–water partition coefficient (Wildman–Crippen LogP) is 3.72. The number of amides is 6. The van der Waals surface area contributed by atoms with E-state index in [1.165, 1.54) is 16.2 Å². The highest BCUT2D eigenvalue weighted by Gasteiger charge is 2.62. The molecule has 51 heavy (non-hydrogen) atoms. The molecule has 2 saturated carbocycles. The summed E-state index contributed by atoms with van der Waals surface area (Å²) in [6, 6.07) is 4.07. The Labute approximate surface area is 306 Å². The summed E-state index contributed by atoms with van der Waals surface area (Å²) >= 11 is 7.83. The Balaban J connectivity index is 1.28.